The lowest BCUT2D eigenvalue weighted by Gasteiger charge is -1.90. The van der Waals surface area contributed by atoms with E-state index in [9.17, 15) is 4.79 Å². The molecule has 2 rings (SSSR count). The maximum Gasteiger partial charge on any atom is 0.261 e. The normalized spacial score (nSPS) is 9.67. The zero-order chi connectivity index (χ0) is 7.84. The number of aromatic amines is 2. The van der Waals surface area contributed by atoms with Crippen LogP contribution in [-0.2, 0) is 0 Å². The van der Waals surface area contributed by atoms with Gasteiger partial charge in [-0.2, -0.15) is 4.98 Å². The van der Waals surface area contributed by atoms with Gasteiger partial charge in [-0.05, 0) is 6.07 Å². The molecule has 0 spiro atoms. The average molecular weight is 166 g/mol. The van der Waals surface area contributed by atoms with Gasteiger partial charge < -0.3 is 10.7 Å². The first kappa shape index (κ1) is 8.32. The number of anilines is 1. The Balaban J connectivity index is 0.000000720. The Morgan fingerprint density at radius 3 is 3.00 bits per heavy atom. The average Bonchev–Trinajstić information content (AvgIpc) is 2.34. The first-order valence-electron chi connectivity index (χ1n) is 3.10. The zero-order valence-corrected chi connectivity index (χ0v) is 5.59. The third-order valence-electron chi connectivity index (χ3n) is 1.44. The molecule has 0 bridgehead atoms. The molecular formula is C7H10N4O. The summed E-state index contributed by atoms with van der Waals surface area (Å²) in [6.45, 7) is 0. The smallest absolute Gasteiger partial charge is 0.261 e. The molecular weight excluding hydrogens is 156 g/mol. The maximum absolute atomic E-state index is 11.1. The molecule has 5 nitrogen and oxygen atoms in total. The van der Waals surface area contributed by atoms with Crippen LogP contribution < -0.4 is 11.3 Å². The monoisotopic (exact) mass is 166 g/mol. The van der Waals surface area contributed by atoms with Gasteiger partial charge in [-0.25, -0.2) is 0 Å². The van der Waals surface area contributed by atoms with E-state index in [2.05, 4.69) is 15.0 Å². The number of nitrogen functional groups attached to an aromatic ring is 1. The van der Waals surface area contributed by atoms with E-state index in [0.29, 0.717) is 11.0 Å². The van der Waals surface area contributed by atoms with Crippen LogP contribution in [0, 0.1) is 0 Å². The fourth-order valence-corrected chi connectivity index (χ4v) is 0.968. The van der Waals surface area contributed by atoms with Gasteiger partial charge in [0.15, 0.2) is 0 Å². The summed E-state index contributed by atoms with van der Waals surface area (Å²) < 4.78 is 0. The van der Waals surface area contributed by atoms with Crippen molar-refractivity contribution in [2.24, 2.45) is 0 Å². The van der Waals surface area contributed by atoms with Gasteiger partial charge in [-0.3, -0.25) is 9.78 Å². The Labute approximate surface area is 68.6 Å². The maximum atomic E-state index is 11.1. The topological polar surface area (TPSA) is 87.6 Å². The van der Waals surface area contributed by atoms with Gasteiger partial charge in [0.1, 0.15) is 5.65 Å². The summed E-state index contributed by atoms with van der Waals surface area (Å²) in [6.07, 6.45) is 1.65. The second-order valence-corrected chi connectivity index (χ2v) is 2.19. The number of aromatic nitrogens is 3. The van der Waals surface area contributed by atoms with Gasteiger partial charge in [-0.15, -0.1) is 0 Å². The van der Waals surface area contributed by atoms with Gasteiger partial charge in [0.05, 0.1) is 5.39 Å². The van der Waals surface area contributed by atoms with Gasteiger partial charge in [-0.1, -0.05) is 7.43 Å². The number of nitrogens with two attached hydrogens (primary N) is 1. The Hall–Kier alpha value is -1.78. The fourth-order valence-electron chi connectivity index (χ4n) is 0.968. The van der Waals surface area contributed by atoms with Gasteiger partial charge in [0.25, 0.3) is 5.56 Å². The van der Waals surface area contributed by atoms with E-state index in [1.165, 1.54) is 0 Å². The highest BCUT2D eigenvalue weighted by Crippen LogP contribution is 2.02. The quantitative estimate of drug-likeness (QED) is 0.531. The molecule has 0 aliphatic rings. The first-order chi connectivity index (χ1) is 5.27. The molecule has 0 aliphatic heterocycles. The Morgan fingerprint density at radius 1 is 1.50 bits per heavy atom. The van der Waals surface area contributed by atoms with E-state index in [-0.39, 0.29) is 18.9 Å². The number of hydrogen-bond donors (Lipinski definition) is 3. The van der Waals surface area contributed by atoms with Crippen LogP contribution in [0.2, 0.25) is 0 Å². The number of rotatable bonds is 0. The SMILES string of the molecule is C.Nc1nc2[nH]ccc2c(=O)[nH]1. The van der Waals surface area contributed by atoms with Crippen molar-refractivity contribution in [2.75, 3.05) is 5.73 Å². The molecule has 0 saturated carbocycles. The van der Waals surface area contributed by atoms with Crippen LogP contribution in [0.3, 0.4) is 0 Å². The number of H-pyrrole nitrogens is 2. The standard InChI is InChI=1S/C6H6N4O.CH4/c7-6-9-4-3(1-2-8-4)5(11)10-6;/h1-2H,(H4,7,8,9,10,11);1H4. The highest BCUT2D eigenvalue weighted by molar-refractivity contribution is 5.74. The molecule has 2 aromatic rings. The number of fused-ring (bicyclic) bond motifs is 1. The van der Waals surface area contributed by atoms with Crippen LogP contribution in [0.15, 0.2) is 17.1 Å². The van der Waals surface area contributed by atoms with E-state index in [0.717, 1.165) is 0 Å². The predicted octanol–water partition coefficient (Wildman–Crippen LogP) is 0.470. The molecule has 4 N–H and O–H groups in total. The fraction of sp³-hybridized carbons (Fsp3) is 0.143. The predicted molar refractivity (Wildman–Crippen MR) is 47.9 cm³/mol. The third-order valence-corrected chi connectivity index (χ3v) is 1.44. The highest BCUT2D eigenvalue weighted by atomic mass is 16.1. The van der Waals surface area contributed by atoms with E-state index in [1.54, 1.807) is 12.3 Å². The molecule has 0 amide bonds. The molecule has 0 fully saturated rings. The molecule has 0 aromatic carbocycles. The van der Waals surface area contributed by atoms with Crippen molar-refractivity contribution in [1.29, 1.82) is 0 Å². The van der Waals surface area contributed by atoms with Crippen LogP contribution in [0.5, 0.6) is 0 Å². The van der Waals surface area contributed by atoms with Crippen molar-refractivity contribution in [1.82, 2.24) is 15.0 Å². The minimum absolute atomic E-state index is 0. The van der Waals surface area contributed by atoms with E-state index >= 15 is 0 Å². The van der Waals surface area contributed by atoms with Gasteiger partial charge in [0, 0.05) is 6.20 Å². The molecule has 2 aromatic heterocycles. The van der Waals surface area contributed by atoms with E-state index in [4.69, 9.17) is 5.73 Å². The van der Waals surface area contributed by atoms with Crippen LogP contribution in [0.4, 0.5) is 5.95 Å². The molecule has 0 saturated heterocycles. The molecule has 64 valence electrons. The summed E-state index contributed by atoms with van der Waals surface area (Å²) in [5.74, 6) is 0.130. The lowest BCUT2D eigenvalue weighted by atomic mass is 10.4. The Bertz CT molecular complexity index is 442. The number of nitrogens with zero attached hydrogens (tertiary/aromatic N) is 1. The Kier molecular flexibility index (Phi) is 1.86. The van der Waals surface area contributed by atoms with Crippen molar-refractivity contribution in [3.63, 3.8) is 0 Å². The molecule has 0 aliphatic carbocycles. The van der Waals surface area contributed by atoms with E-state index < -0.39 is 0 Å². The van der Waals surface area contributed by atoms with E-state index in [1.807, 2.05) is 0 Å². The van der Waals surface area contributed by atoms with Gasteiger partial charge >= 0.3 is 0 Å². The van der Waals surface area contributed by atoms with Crippen LogP contribution in [0.1, 0.15) is 7.43 Å². The summed E-state index contributed by atoms with van der Waals surface area (Å²) in [7, 11) is 0. The van der Waals surface area contributed by atoms with Crippen molar-refractivity contribution in [3.05, 3.63) is 22.6 Å². The third kappa shape index (κ3) is 1.05. The van der Waals surface area contributed by atoms with Crippen molar-refractivity contribution < 1.29 is 0 Å². The molecule has 0 atom stereocenters. The van der Waals surface area contributed by atoms with Crippen molar-refractivity contribution >= 4 is 17.0 Å². The number of nitrogens with one attached hydrogen (secondary N) is 2. The van der Waals surface area contributed by atoms with Crippen LogP contribution in [0.25, 0.3) is 11.0 Å². The molecule has 0 radical (unpaired) electrons. The highest BCUT2D eigenvalue weighted by Gasteiger charge is 2.00. The molecule has 0 unspecified atom stereocenters. The lowest BCUT2D eigenvalue weighted by Crippen LogP contribution is -2.09. The summed E-state index contributed by atoms with van der Waals surface area (Å²) in [5, 5.41) is 0.527. The second-order valence-electron chi connectivity index (χ2n) is 2.19. The van der Waals surface area contributed by atoms with Crippen LogP contribution in [-0.4, -0.2) is 15.0 Å². The summed E-state index contributed by atoms with van der Waals surface area (Å²) in [4.78, 5) is 20.1. The van der Waals surface area contributed by atoms with Gasteiger partial charge in [0.2, 0.25) is 5.95 Å². The summed E-state index contributed by atoms with van der Waals surface area (Å²) >= 11 is 0. The summed E-state index contributed by atoms with van der Waals surface area (Å²) in [6, 6.07) is 1.65. The minimum atomic E-state index is -0.214. The van der Waals surface area contributed by atoms with Crippen LogP contribution >= 0.6 is 0 Å². The minimum Gasteiger partial charge on any atom is -0.369 e. The largest absolute Gasteiger partial charge is 0.369 e. The molecule has 5 heteroatoms. The van der Waals surface area contributed by atoms with Crippen molar-refractivity contribution in [2.45, 2.75) is 7.43 Å². The summed E-state index contributed by atoms with van der Waals surface area (Å²) in [5.41, 5.74) is 5.60. The first-order valence-corrected chi connectivity index (χ1v) is 3.10. The van der Waals surface area contributed by atoms with Crippen molar-refractivity contribution in [3.8, 4) is 0 Å². The Morgan fingerprint density at radius 2 is 2.25 bits per heavy atom. The second kappa shape index (κ2) is 2.69. The lowest BCUT2D eigenvalue weighted by molar-refractivity contribution is 1.18. The zero-order valence-electron chi connectivity index (χ0n) is 5.59. The molecule has 12 heavy (non-hydrogen) atoms. The molecule has 2 heterocycles. The number of hydrogen-bond acceptors (Lipinski definition) is 3.